The van der Waals surface area contributed by atoms with Gasteiger partial charge in [0, 0.05) is 48.0 Å². The molecule has 4 aromatic carbocycles. The van der Waals surface area contributed by atoms with Gasteiger partial charge in [0.2, 0.25) is 0 Å². The number of benzene rings is 4. The first-order valence-corrected chi connectivity index (χ1v) is 15.8. The summed E-state index contributed by atoms with van der Waals surface area (Å²) in [7, 11) is 0. The highest BCUT2D eigenvalue weighted by molar-refractivity contribution is 5.83. The minimum atomic E-state index is 0.584. The third kappa shape index (κ3) is 6.76. The quantitative estimate of drug-likeness (QED) is 0.105. The van der Waals surface area contributed by atoms with E-state index in [9.17, 15) is 0 Å². The summed E-state index contributed by atoms with van der Waals surface area (Å²) in [5, 5.41) is 0. The van der Waals surface area contributed by atoms with Crippen molar-refractivity contribution in [1.82, 2.24) is 4.48 Å². The number of para-hydroxylation sites is 3. The average Bonchev–Trinajstić information content (AvgIpc) is 3.00. The second kappa shape index (κ2) is 15.0. The molecule has 0 bridgehead atoms. The van der Waals surface area contributed by atoms with Crippen molar-refractivity contribution in [3.05, 3.63) is 119 Å². The zero-order valence-electron chi connectivity index (χ0n) is 25.5. The molecule has 4 rings (SSSR count). The lowest BCUT2D eigenvalue weighted by Gasteiger charge is -2.39. The van der Waals surface area contributed by atoms with Gasteiger partial charge in [0.25, 0.3) is 0 Å². The molecule has 0 radical (unpaired) electrons. The number of aryl methyl sites for hydroxylation is 1. The van der Waals surface area contributed by atoms with Gasteiger partial charge in [-0.25, -0.2) is 0 Å². The molecule has 0 aliphatic rings. The summed E-state index contributed by atoms with van der Waals surface area (Å²) in [4.78, 5) is 0. The van der Waals surface area contributed by atoms with Crippen LogP contribution in [0.5, 0.6) is 0 Å². The van der Waals surface area contributed by atoms with Crippen LogP contribution in [0.4, 0.5) is 22.7 Å². The summed E-state index contributed by atoms with van der Waals surface area (Å²) in [6.45, 7) is 9.28. The monoisotopic (exact) mass is 532 g/mol. The van der Waals surface area contributed by atoms with Gasteiger partial charge in [0.05, 0.1) is 0 Å². The summed E-state index contributed by atoms with van der Waals surface area (Å²) < 4.78 is 0.584. The molecule has 0 N–H and O–H groups in total. The summed E-state index contributed by atoms with van der Waals surface area (Å²) in [5.74, 6) is 0. The predicted molar refractivity (Wildman–Crippen MR) is 176 cm³/mol. The molecule has 0 amide bonds. The summed E-state index contributed by atoms with van der Waals surface area (Å²) >= 11 is 0. The first kappa shape index (κ1) is 29.8. The maximum absolute atomic E-state index is 2.54. The lowest BCUT2D eigenvalue weighted by molar-refractivity contribution is 0.556. The molecule has 0 heterocycles. The molecule has 0 fully saturated rings. The fourth-order valence-corrected chi connectivity index (χ4v) is 6.33. The Morgan fingerprint density at radius 3 is 1.27 bits per heavy atom. The highest BCUT2D eigenvalue weighted by atomic mass is 15.4. The van der Waals surface area contributed by atoms with Crippen LogP contribution in [0.3, 0.4) is 0 Å². The molecule has 1 nitrogen and oxygen atoms in total. The minimum Gasteiger partial charge on any atom is -0.194 e. The van der Waals surface area contributed by atoms with E-state index < -0.39 is 0 Å². The zero-order chi connectivity index (χ0) is 28.2. The average molecular weight is 533 g/mol. The van der Waals surface area contributed by atoms with Gasteiger partial charge in [0.15, 0.2) is 5.69 Å². The number of rotatable bonds is 15. The van der Waals surface area contributed by atoms with Gasteiger partial charge < -0.3 is 0 Å². The molecule has 0 aliphatic heterocycles. The summed E-state index contributed by atoms with van der Waals surface area (Å²) in [6, 6.07) is 35.7. The molecular formula is C39H50N+. The topological polar surface area (TPSA) is 0 Å². The number of nitrogens with zero attached hydrogens (tertiary/aromatic N) is 1. The number of hydrogen-bond acceptors (Lipinski definition) is 0. The second-order valence-electron chi connectivity index (χ2n) is 11.5. The van der Waals surface area contributed by atoms with Gasteiger partial charge >= 0.3 is 0 Å². The molecule has 0 atom stereocenters. The number of quaternary nitrogens is 1. The third-order valence-electron chi connectivity index (χ3n) is 8.89. The Labute approximate surface area is 244 Å². The molecule has 40 heavy (non-hydrogen) atoms. The van der Waals surface area contributed by atoms with Crippen molar-refractivity contribution in [3.63, 3.8) is 0 Å². The molecule has 0 aliphatic carbocycles. The van der Waals surface area contributed by atoms with Crippen LogP contribution >= 0.6 is 0 Å². The maximum atomic E-state index is 2.54. The van der Waals surface area contributed by atoms with Crippen molar-refractivity contribution in [2.75, 3.05) is 0 Å². The minimum absolute atomic E-state index is 0.584. The van der Waals surface area contributed by atoms with Crippen molar-refractivity contribution in [1.29, 1.82) is 0 Å². The van der Waals surface area contributed by atoms with Crippen molar-refractivity contribution < 1.29 is 0 Å². The van der Waals surface area contributed by atoms with E-state index in [4.69, 9.17) is 0 Å². The largest absolute Gasteiger partial charge is 0.194 e. The van der Waals surface area contributed by atoms with Gasteiger partial charge in [-0.05, 0) is 50.3 Å². The lowest BCUT2D eigenvalue weighted by atomic mass is 9.91. The summed E-state index contributed by atoms with van der Waals surface area (Å²) in [5.41, 5.74) is 10.9. The van der Waals surface area contributed by atoms with E-state index in [2.05, 4.69) is 125 Å². The Morgan fingerprint density at radius 1 is 0.450 bits per heavy atom. The molecule has 210 valence electrons. The lowest BCUT2D eigenvalue weighted by Crippen LogP contribution is -2.34. The molecular weight excluding hydrogens is 482 g/mol. The molecule has 0 saturated carbocycles. The highest BCUT2D eigenvalue weighted by Gasteiger charge is 2.41. The van der Waals surface area contributed by atoms with E-state index in [-0.39, 0.29) is 0 Å². The van der Waals surface area contributed by atoms with Crippen LogP contribution in [0.15, 0.2) is 97.1 Å². The molecule has 0 aromatic heterocycles. The van der Waals surface area contributed by atoms with Crippen molar-refractivity contribution in [2.45, 2.75) is 98.3 Å². The smallest absolute Gasteiger partial charge is 0.151 e. The van der Waals surface area contributed by atoms with Crippen molar-refractivity contribution in [2.24, 2.45) is 0 Å². The van der Waals surface area contributed by atoms with Crippen LogP contribution in [0.1, 0.15) is 93.4 Å². The van der Waals surface area contributed by atoms with Crippen LogP contribution in [-0.4, -0.2) is 0 Å². The highest BCUT2D eigenvalue weighted by Crippen LogP contribution is 2.53. The Balaban J connectivity index is 1.68. The Morgan fingerprint density at radius 2 is 0.850 bits per heavy atom. The molecule has 4 aromatic rings. The van der Waals surface area contributed by atoms with Crippen LogP contribution in [0, 0.1) is 20.8 Å². The van der Waals surface area contributed by atoms with Crippen LogP contribution < -0.4 is 4.48 Å². The van der Waals surface area contributed by atoms with Crippen molar-refractivity contribution >= 4 is 22.7 Å². The van der Waals surface area contributed by atoms with E-state index >= 15 is 0 Å². The normalized spacial score (nSPS) is 11.6. The predicted octanol–water partition coefficient (Wildman–Crippen LogP) is 12.4. The van der Waals surface area contributed by atoms with Crippen LogP contribution in [0.2, 0.25) is 0 Å². The zero-order valence-corrected chi connectivity index (χ0v) is 25.5. The fraction of sp³-hybridized carbons (Fsp3) is 0.385. The summed E-state index contributed by atoms with van der Waals surface area (Å²) in [6.07, 6.45) is 14.9. The van der Waals surface area contributed by atoms with E-state index in [1.807, 2.05) is 0 Å². The molecule has 0 saturated heterocycles. The van der Waals surface area contributed by atoms with Gasteiger partial charge in [-0.3, -0.25) is 0 Å². The van der Waals surface area contributed by atoms with Gasteiger partial charge in [-0.15, -0.1) is 0 Å². The van der Waals surface area contributed by atoms with Crippen molar-refractivity contribution in [3.8, 4) is 0 Å². The number of hydrogen-bond donors (Lipinski definition) is 0. The van der Waals surface area contributed by atoms with Crippen LogP contribution in [-0.2, 0) is 6.42 Å². The maximum Gasteiger partial charge on any atom is 0.151 e. The number of unbranched alkanes of at least 4 members (excludes halogenated alkanes) is 9. The van der Waals surface area contributed by atoms with E-state index in [0.717, 1.165) is 6.42 Å². The van der Waals surface area contributed by atoms with Gasteiger partial charge in [0.1, 0.15) is 17.1 Å². The van der Waals surface area contributed by atoms with Gasteiger partial charge in [-0.1, -0.05) is 119 Å². The van der Waals surface area contributed by atoms with Gasteiger partial charge in [-0.2, -0.15) is 4.48 Å². The first-order valence-electron chi connectivity index (χ1n) is 15.8. The Hall–Kier alpha value is -3.16. The Kier molecular flexibility index (Phi) is 11.2. The SMILES string of the molecule is CCCCCCCCCCCCc1cc([N+](c2ccccc2)(c2ccccc2)c2ccccc2)c(C)c(C)c1C. The molecule has 0 unspecified atom stereocenters. The van der Waals surface area contributed by atoms with E-state index in [0.29, 0.717) is 4.48 Å². The van der Waals surface area contributed by atoms with E-state index in [1.165, 1.54) is 109 Å². The molecule has 0 spiro atoms. The first-order chi connectivity index (χ1) is 19.6. The second-order valence-corrected chi connectivity index (χ2v) is 11.5. The van der Waals surface area contributed by atoms with E-state index in [1.54, 1.807) is 0 Å². The third-order valence-corrected chi connectivity index (χ3v) is 8.89. The fourth-order valence-electron chi connectivity index (χ4n) is 6.33. The standard InChI is InChI=1S/C39H50N/c1-5-6-7-8-9-10-11-12-13-17-24-35-31-39(34(4)32(2)33(35)3)40(36-25-18-14-19-26-36,37-27-20-15-21-28-37)38-29-22-16-23-30-38/h14-16,18-23,25-31H,5-13,17,24H2,1-4H3/q+1. The Bertz CT molecular complexity index is 1190. The molecule has 1 heteroatoms. The van der Waals surface area contributed by atoms with Crippen LogP contribution in [0.25, 0.3) is 0 Å².